The first-order valence-electron chi connectivity index (χ1n) is 8.21. The Labute approximate surface area is 131 Å². The number of nitrogens with zero attached hydrogens (tertiary/aromatic N) is 2. The van der Waals surface area contributed by atoms with Crippen molar-refractivity contribution in [3.8, 4) is 0 Å². The second-order valence-electron chi connectivity index (χ2n) is 7.62. The minimum Gasteiger partial charge on any atom is -0.369 e. The third kappa shape index (κ3) is 2.96. The lowest BCUT2D eigenvalue weighted by molar-refractivity contribution is 0.128. The highest BCUT2D eigenvalue weighted by Gasteiger charge is 2.27. The van der Waals surface area contributed by atoms with Gasteiger partial charge in [-0.2, -0.15) is 0 Å². The second-order valence-corrected chi connectivity index (χ2v) is 7.62. The molecule has 1 aromatic carbocycles. The van der Waals surface area contributed by atoms with Crippen LogP contribution in [-0.2, 0) is 0 Å². The number of hydrogen-bond acceptors (Lipinski definition) is 2. The average Bonchev–Trinajstić information content (AvgIpc) is 2.43. The maximum absolute atomic E-state index is 2.60. The number of rotatable bonds is 1. The Balaban J connectivity index is 2.29. The normalized spacial score (nSPS) is 17.4. The van der Waals surface area contributed by atoms with E-state index in [2.05, 4.69) is 65.2 Å². The molecule has 0 bridgehead atoms. The van der Waals surface area contributed by atoms with Crippen LogP contribution in [0.1, 0.15) is 48.6 Å². The van der Waals surface area contributed by atoms with E-state index in [1.54, 1.807) is 0 Å². The van der Waals surface area contributed by atoms with Gasteiger partial charge in [-0.05, 0) is 83.2 Å². The van der Waals surface area contributed by atoms with Crippen LogP contribution in [0.2, 0.25) is 0 Å². The minimum atomic E-state index is 0.287. The number of piperazine rings is 1. The van der Waals surface area contributed by atoms with Crippen LogP contribution in [-0.4, -0.2) is 36.6 Å². The predicted octanol–water partition coefficient (Wildman–Crippen LogP) is 4.15. The molecule has 2 rings (SSSR count). The van der Waals surface area contributed by atoms with Gasteiger partial charge in [-0.1, -0.05) is 0 Å². The van der Waals surface area contributed by atoms with Crippen LogP contribution >= 0.6 is 0 Å². The quantitative estimate of drug-likeness (QED) is 0.766. The molecule has 118 valence electrons. The Morgan fingerprint density at radius 2 is 1.00 bits per heavy atom. The third-order valence-corrected chi connectivity index (χ3v) is 5.50. The molecule has 1 heterocycles. The molecule has 1 fully saturated rings. The van der Waals surface area contributed by atoms with E-state index in [9.17, 15) is 0 Å². The standard InChI is InChI=1S/C19H32N2/c1-13-14(2)16(4)18(17(5)15(13)3)20-9-11-21(12-10-20)19(6,7)8/h9-12H2,1-8H3. The Morgan fingerprint density at radius 3 is 1.38 bits per heavy atom. The Bertz CT molecular complexity index is 500. The molecule has 0 amide bonds. The maximum Gasteiger partial charge on any atom is 0.0432 e. The molecule has 0 N–H and O–H groups in total. The number of anilines is 1. The summed E-state index contributed by atoms with van der Waals surface area (Å²) in [5.41, 5.74) is 9.11. The van der Waals surface area contributed by atoms with Crippen LogP contribution < -0.4 is 4.90 Å². The van der Waals surface area contributed by atoms with Crippen molar-refractivity contribution in [2.24, 2.45) is 0 Å². The van der Waals surface area contributed by atoms with Crippen LogP contribution in [0.5, 0.6) is 0 Å². The molecule has 1 aliphatic rings. The van der Waals surface area contributed by atoms with Gasteiger partial charge in [-0.15, -0.1) is 0 Å². The van der Waals surface area contributed by atoms with Gasteiger partial charge in [-0.25, -0.2) is 0 Å². The van der Waals surface area contributed by atoms with Crippen LogP contribution in [0.25, 0.3) is 0 Å². The molecule has 1 aromatic rings. The molecule has 1 aliphatic heterocycles. The summed E-state index contributed by atoms with van der Waals surface area (Å²) >= 11 is 0. The number of benzene rings is 1. The van der Waals surface area contributed by atoms with E-state index in [0.29, 0.717) is 0 Å². The monoisotopic (exact) mass is 288 g/mol. The summed E-state index contributed by atoms with van der Waals surface area (Å²) in [5.74, 6) is 0. The van der Waals surface area contributed by atoms with Gasteiger partial charge >= 0.3 is 0 Å². The van der Waals surface area contributed by atoms with Crippen molar-refractivity contribution in [1.29, 1.82) is 0 Å². The Morgan fingerprint density at radius 1 is 0.619 bits per heavy atom. The fourth-order valence-corrected chi connectivity index (χ4v) is 3.56. The lowest BCUT2D eigenvalue weighted by Crippen LogP contribution is -2.53. The molecule has 2 nitrogen and oxygen atoms in total. The molecule has 0 aromatic heterocycles. The van der Waals surface area contributed by atoms with Crippen molar-refractivity contribution in [3.05, 3.63) is 27.8 Å². The molecule has 0 atom stereocenters. The van der Waals surface area contributed by atoms with Crippen LogP contribution in [0.4, 0.5) is 5.69 Å². The smallest absolute Gasteiger partial charge is 0.0432 e. The summed E-state index contributed by atoms with van der Waals surface area (Å²) in [4.78, 5) is 5.20. The highest BCUT2D eigenvalue weighted by Crippen LogP contribution is 2.34. The topological polar surface area (TPSA) is 6.48 Å². The van der Waals surface area contributed by atoms with Gasteiger partial charge in [0.25, 0.3) is 0 Å². The molecule has 21 heavy (non-hydrogen) atoms. The van der Waals surface area contributed by atoms with Gasteiger partial charge in [0.1, 0.15) is 0 Å². The largest absolute Gasteiger partial charge is 0.369 e. The molecular weight excluding hydrogens is 256 g/mol. The van der Waals surface area contributed by atoms with Crippen LogP contribution in [0.15, 0.2) is 0 Å². The van der Waals surface area contributed by atoms with Crippen molar-refractivity contribution in [3.63, 3.8) is 0 Å². The summed E-state index contributed by atoms with van der Waals surface area (Å²) in [6.07, 6.45) is 0. The Kier molecular flexibility index (Phi) is 4.39. The molecular formula is C19H32N2. The highest BCUT2D eigenvalue weighted by atomic mass is 15.3. The second kappa shape index (κ2) is 5.64. The zero-order valence-corrected chi connectivity index (χ0v) is 15.2. The lowest BCUT2D eigenvalue weighted by atomic mass is 9.92. The van der Waals surface area contributed by atoms with E-state index in [1.165, 1.54) is 33.5 Å². The average molecular weight is 288 g/mol. The predicted molar refractivity (Wildman–Crippen MR) is 93.7 cm³/mol. The first kappa shape index (κ1) is 16.4. The number of hydrogen-bond donors (Lipinski definition) is 0. The summed E-state index contributed by atoms with van der Waals surface area (Å²) in [6.45, 7) is 22.9. The first-order valence-corrected chi connectivity index (χ1v) is 8.21. The molecule has 1 saturated heterocycles. The van der Waals surface area contributed by atoms with Crippen molar-refractivity contribution in [2.75, 3.05) is 31.1 Å². The molecule has 0 saturated carbocycles. The Hall–Kier alpha value is -1.02. The van der Waals surface area contributed by atoms with Gasteiger partial charge in [0, 0.05) is 37.4 Å². The van der Waals surface area contributed by atoms with Gasteiger partial charge in [0.15, 0.2) is 0 Å². The van der Waals surface area contributed by atoms with E-state index >= 15 is 0 Å². The van der Waals surface area contributed by atoms with Crippen LogP contribution in [0.3, 0.4) is 0 Å². The zero-order valence-electron chi connectivity index (χ0n) is 15.2. The van der Waals surface area contributed by atoms with E-state index in [-0.39, 0.29) is 5.54 Å². The molecule has 0 spiro atoms. The SMILES string of the molecule is Cc1c(C)c(C)c(N2CCN(C(C)(C)C)CC2)c(C)c1C. The van der Waals surface area contributed by atoms with E-state index in [0.717, 1.165) is 26.2 Å². The third-order valence-electron chi connectivity index (χ3n) is 5.50. The first-order chi connectivity index (χ1) is 9.64. The lowest BCUT2D eigenvalue weighted by Gasteiger charge is -2.44. The fraction of sp³-hybridized carbons (Fsp3) is 0.684. The summed E-state index contributed by atoms with van der Waals surface area (Å²) in [5, 5.41) is 0. The van der Waals surface area contributed by atoms with E-state index in [1.807, 2.05) is 0 Å². The summed E-state index contributed by atoms with van der Waals surface area (Å²) < 4.78 is 0. The van der Waals surface area contributed by atoms with Crippen molar-refractivity contribution >= 4 is 5.69 Å². The molecule has 2 heteroatoms. The maximum atomic E-state index is 2.60. The van der Waals surface area contributed by atoms with Crippen molar-refractivity contribution in [1.82, 2.24) is 4.90 Å². The van der Waals surface area contributed by atoms with Crippen LogP contribution in [0, 0.1) is 34.6 Å². The van der Waals surface area contributed by atoms with Gasteiger partial charge < -0.3 is 4.90 Å². The van der Waals surface area contributed by atoms with E-state index in [4.69, 9.17) is 0 Å². The minimum absolute atomic E-state index is 0.287. The van der Waals surface area contributed by atoms with Gasteiger partial charge in [0.05, 0.1) is 0 Å². The van der Waals surface area contributed by atoms with Crippen molar-refractivity contribution < 1.29 is 0 Å². The van der Waals surface area contributed by atoms with Crippen molar-refractivity contribution in [2.45, 2.75) is 60.9 Å². The molecule has 0 unspecified atom stereocenters. The summed E-state index contributed by atoms with van der Waals surface area (Å²) in [7, 11) is 0. The highest BCUT2D eigenvalue weighted by molar-refractivity contribution is 5.66. The van der Waals surface area contributed by atoms with Gasteiger partial charge in [-0.3, -0.25) is 4.90 Å². The molecule has 0 aliphatic carbocycles. The van der Waals surface area contributed by atoms with Gasteiger partial charge in [0.2, 0.25) is 0 Å². The zero-order chi connectivity index (χ0) is 15.9. The molecule has 0 radical (unpaired) electrons. The fourth-order valence-electron chi connectivity index (χ4n) is 3.56. The summed E-state index contributed by atoms with van der Waals surface area (Å²) in [6, 6.07) is 0. The van der Waals surface area contributed by atoms with E-state index < -0.39 is 0 Å².